The zero-order valence-corrected chi connectivity index (χ0v) is 17.4. The summed E-state index contributed by atoms with van der Waals surface area (Å²) in [6.45, 7) is 14.6. The van der Waals surface area contributed by atoms with Gasteiger partial charge in [-0.05, 0) is 43.1 Å². The lowest BCUT2D eigenvalue weighted by atomic mass is 9.72. The van der Waals surface area contributed by atoms with Crippen LogP contribution in [0.1, 0.15) is 75.7 Å². The Hall–Kier alpha value is -1.36. The third-order valence-electron chi connectivity index (χ3n) is 4.88. The summed E-state index contributed by atoms with van der Waals surface area (Å²) in [4.78, 5) is 26.2. The summed E-state index contributed by atoms with van der Waals surface area (Å²) in [6.07, 6.45) is 2.89. The number of hydrogen-bond acceptors (Lipinski definition) is 4. The lowest BCUT2D eigenvalue weighted by Crippen LogP contribution is -2.28. The molecule has 0 fully saturated rings. The number of carbonyl (C=O) groups excluding carboxylic acids is 2. The smallest absolute Gasteiger partial charge is 0.341 e. The molecule has 1 aliphatic carbocycles. The van der Waals surface area contributed by atoms with E-state index in [2.05, 4.69) is 26.1 Å². The van der Waals surface area contributed by atoms with Crippen LogP contribution in [-0.2, 0) is 22.4 Å². The zero-order valence-electron chi connectivity index (χ0n) is 16.5. The SMILES string of the molecule is CCOC(=O)c1c(NC(=O)C(C)(C)C)sc2c1CC[C@@H](C(C)(C)C)C2. The number of fused-ring (bicyclic) bond motifs is 1. The summed E-state index contributed by atoms with van der Waals surface area (Å²) in [6, 6.07) is 0. The van der Waals surface area contributed by atoms with Crippen LogP contribution in [0.4, 0.5) is 5.00 Å². The maximum absolute atomic E-state index is 12.5. The summed E-state index contributed by atoms with van der Waals surface area (Å²) in [5, 5.41) is 3.63. The minimum atomic E-state index is -0.510. The highest BCUT2D eigenvalue weighted by molar-refractivity contribution is 7.17. The lowest BCUT2D eigenvalue weighted by molar-refractivity contribution is -0.123. The molecule has 25 heavy (non-hydrogen) atoms. The molecule has 0 unspecified atom stereocenters. The zero-order chi connectivity index (χ0) is 19.0. The van der Waals surface area contributed by atoms with Crippen LogP contribution < -0.4 is 5.32 Å². The molecule has 0 aliphatic heterocycles. The van der Waals surface area contributed by atoms with Gasteiger partial charge in [-0.15, -0.1) is 11.3 Å². The molecule has 0 aromatic carbocycles. The highest BCUT2D eigenvalue weighted by Gasteiger charge is 2.35. The van der Waals surface area contributed by atoms with Crippen LogP contribution in [0, 0.1) is 16.7 Å². The van der Waals surface area contributed by atoms with Crippen LogP contribution in [0.3, 0.4) is 0 Å². The highest BCUT2D eigenvalue weighted by atomic mass is 32.1. The number of rotatable bonds is 3. The van der Waals surface area contributed by atoms with Crippen molar-refractivity contribution in [3.8, 4) is 0 Å². The van der Waals surface area contributed by atoms with Crippen molar-refractivity contribution < 1.29 is 14.3 Å². The average Bonchev–Trinajstić information content (AvgIpc) is 2.82. The molecule has 0 saturated carbocycles. The molecular formula is C20H31NO3S. The Morgan fingerprint density at radius 3 is 2.36 bits per heavy atom. The molecule has 0 bridgehead atoms. The summed E-state index contributed by atoms with van der Waals surface area (Å²) < 4.78 is 5.27. The van der Waals surface area contributed by atoms with Crippen LogP contribution in [-0.4, -0.2) is 18.5 Å². The quantitative estimate of drug-likeness (QED) is 0.762. The maximum atomic E-state index is 12.5. The average molecular weight is 366 g/mol. The summed E-state index contributed by atoms with van der Waals surface area (Å²) in [7, 11) is 0. The Kier molecular flexibility index (Phi) is 5.67. The number of thiophene rings is 1. The van der Waals surface area contributed by atoms with Crippen LogP contribution in [0.2, 0.25) is 0 Å². The topological polar surface area (TPSA) is 55.4 Å². The van der Waals surface area contributed by atoms with E-state index < -0.39 is 5.41 Å². The minimum absolute atomic E-state index is 0.0796. The van der Waals surface area contributed by atoms with Crippen molar-refractivity contribution in [3.63, 3.8) is 0 Å². The van der Waals surface area contributed by atoms with E-state index in [9.17, 15) is 9.59 Å². The van der Waals surface area contributed by atoms with E-state index in [1.54, 1.807) is 18.3 Å². The third-order valence-corrected chi connectivity index (χ3v) is 6.05. The van der Waals surface area contributed by atoms with E-state index in [1.807, 2.05) is 20.8 Å². The van der Waals surface area contributed by atoms with E-state index in [1.165, 1.54) is 4.88 Å². The van der Waals surface area contributed by atoms with E-state index in [0.717, 1.165) is 24.8 Å². The fourth-order valence-corrected chi connectivity index (χ4v) is 4.43. The van der Waals surface area contributed by atoms with Gasteiger partial charge in [0.2, 0.25) is 5.91 Å². The van der Waals surface area contributed by atoms with Gasteiger partial charge in [0.25, 0.3) is 0 Å². The molecule has 2 rings (SSSR count). The standard InChI is InChI=1S/C20H31NO3S/c1-8-24-17(22)15-13-10-9-12(19(2,3)4)11-14(13)25-16(15)21-18(23)20(5,6)7/h12H,8-11H2,1-7H3,(H,21,23)/t12-/m1/s1. The molecule has 1 aromatic heterocycles. The second-order valence-electron chi connectivity index (χ2n) is 8.94. The molecule has 1 N–H and O–H groups in total. The molecule has 140 valence electrons. The normalized spacial score (nSPS) is 17.8. The molecule has 5 heteroatoms. The molecular weight excluding hydrogens is 334 g/mol. The molecule has 1 atom stereocenters. The Balaban J connectivity index is 2.41. The predicted octanol–water partition coefficient (Wildman–Crippen LogP) is 5.06. The van der Waals surface area contributed by atoms with Gasteiger partial charge in [-0.25, -0.2) is 4.79 Å². The molecule has 1 amide bonds. The van der Waals surface area contributed by atoms with E-state index in [0.29, 0.717) is 23.1 Å². The van der Waals surface area contributed by atoms with Gasteiger partial charge in [0.1, 0.15) is 5.00 Å². The first kappa shape index (κ1) is 20.0. The lowest BCUT2D eigenvalue weighted by Gasteiger charge is -2.33. The van der Waals surface area contributed by atoms with Gasteiger partial charge < -0.3 is 10.1 Å². The van der Waals surface area contributed by atoms with Crippen molar-refractivity contribution in [2.24, 2.45) is 16.7 Å². The molecule has 0 radical (unpaired) electrons. The monoisotopic (exact) mass is 365 g/mol. The van der Waals surface area contributed by atoms with Crippen LogP contribution in [0.25, 0.3) is 0 Å². The number of ether oxygens (including phenoxy) is 1. The van der Waals surface area contributed by atoms with E-state index in [-0.39, 0.29) is 17.3 Å². The first-order chi connectivity index (χ1) is 11.4. The molecule has 1 heterocycles. The van der Waals surface area contributed by atoms with Crippen LogP contribution in [0.5, 0.6) is 0 Å². The van der Waals surface area contributed by atoms with Crippen molar-refractivity contribution in [1.82, 2.24) is 0 Å². The number of carbonyl (C=O) groups is 2. The van der Waals surface area contributed by atoms with E-state index in [4.69, 9.17) is 4.74 Å². The first-order valence-electron chi connectivity index (χ1n) is 9.08. The number of esters is 1. The summed E-state index contributed by atoms with van der Waals surface area (Å²) in [5.74, 6) is 0.183. The molecule has 1 aliphatic rings. The van der Waals surface area contributed by atoms with Crippen molar-refractivity contribution in [1.29, 1.82) is 0 Å². The molecule has 4 nitrogen and oxygen atoms in total. The highest BCUT2D eigenvalue weighted by Crippen LogP contribution is 2.44. The molecule has 0 saturated heterocycles. The van der Waals surface area contributed by atoms with Gasteiger partial charge in [0.15, 0.2) is 0 Å². The summed E-state index contributed by atoms with van der Waals surface area (Å²) in [5.41, 5.74) is 1.38. The van der Waals surface area contributed by atoms with Crippen LogP contribution in [0.15, 0.2) is 0 Å². The third kappa shape index (κ3) is 4.43. The largest absolute Gasteiger partial charge is 0.462 e. The number of amides is 1. The Labute approximate surface area is 155 Å². The maximum Gasteiger partial charge on any atom is 0.341 e. The minimum Gasteiger partial charge on any atom is -0.462 e. The fourth-order valence-electron chi connectivity index (χ4n) is 3.12. The van der Waals surface area contributed by atoms with Gasteiger partial charge >= 0.3 is 5.97 Å². The first-order valence-corrected chi connectivity index (χ1v) is 9.90. The Bertz CT molecular complexity index is 662. The van der Waals surface area contributed by atoms with Crippen molar-refractivity contribution in [3.05, 3.63) is 16.0 Å². The van der Waals surface area contributed by atoms with Gasteiger partial charge in [-0.2, -0.15) is 0 Å². The van der Waals surface area contributed by atoms with E-state index >= 15 is 0 Å². The van der Waals surface area contributed by atoms with Crippen LogP contribution >= 0.6 is 11.3 Å². The Morgan fingerprint density at radius 2 is 1.84 bits per heavy atom. The predicted molar refractivity (Wildman–Crippen MR) is 103 cm³/mol. The number of anilines is 1. The van der Waals surface area contributed by atoms with Gasteiger partial charge in [-0.1, -0.05) is 41.5 Å². The number of nitrogens with one attached hydrogen (secondary N) is 1. The van der Waals surface area contributed by atoms with Crippen molar-refractivity contribution in [2.45, 2.75) is 67.7 Å². The second-order valence-corrected chi connectivity index (χ2v) is 10.0. The molecule has 1 aromatic rings. The summed E-state index contributed by atoms with van der Waals surface area (Å²) >= 11 is 1.55. The second kappa shape index (κ2) is 7.10. The van der Waals surface area contributed by atoms with Crippen molar-refractivity contribution >= 4 is 28.2 Å². The Morgan fingerprint density at radius 1 is 1.20 bits per heavy atom. The number of hydrogen-bond donors (Lipinski definition) is 1. The molecule has 0 spiro atoms. The van der Waals surface area contributed by atoms with Gasteiger partial charge in [-0.3, -0.25) is 4.79 Å². The van der Waals surface area contributed by atoms with Crippen molar-refractivity contribution in [2.75, 3.05) is 11.9 Å². The van der Waals surface area contributed by atoms with Gasteiger partial charge in [0.05, 0.1) is 12.2 Å². The fraction of sp³-hybridized carbons (Fsp3) is 0.700. The van der Waals surface area contributed by atoms with Gasteiger partial charge in [0, 0.05) is 10.3 Å².